The number of rotatable bonds is 8. The van der Waals surface area contributed by atoms with Gasteiger partial charge in [0.05, 0.1) is 30.5 Å². The average Bonchev–Trinajstić information content (AvgIpc) is 2.73. The number of nitrogens with one attached hydrogen (secondary N) is 3. The average molecular weight is 432 g/mol. The molecule has 31 heavy (non-hydrogen) atoms. The predicted molar refractivity (Wildman–Crippen MR) is 118 cm³/mol. The second kappa shape index (κ2) is 9.43. The van der Waals surface area contributed by atoms with E-state index in [-0.39, 0.29) is 30.1 Å². The molecule has 2 aromatic rings. The smallest absolute Gasteiger partial charge is 0.280 e. The monoisotopic (exact) mass is 432 g/mol. The van der Waals surface area contributed by atoms with Crippen molar-refractivity contribution >= 4 is 28.9 Å². The van der Waals surface area contributed by atoms with E-state index in [1.165, 1.54) is 0 Å². The summed E-state index contributed by atoms with van der Waals surface area (Å²) in [7, 11) is 0. The van der Waals surface area contributed by atoms with Crippen molar-refractivity contribution in [1.29, 1.82) is 0 Å². The molecule has 0 spiro atoms. The molecule has 0 saturated heterocycles. The molecular weight excluding hydrogens is 404 g/mol. The van der Waals surface area contributed by atoms with Gasteiger partial charge in [-0.3, -0.25) is 9.78 Å². The fraction of sp³-hybridized carbons (Fsp3) is 0.450. The number of aromatic nitrogens is 2. The van der Waals surface area contributed by atoms with Gasteiger partial charge in [0.15, 0.2) is 11.5 Å². The van der Waals surface area contributed by atoms with Gasteiger partial charge in [-0.25, -0.2) is 4.99 Å². The molecular formula is C20H28N6O5. The molecule has 1 aliphatic heterocycles. The van der Waals surface area contributed by atoms with Gasteiger partial charge >= 0.3 is 0 Å². The summed E-state index contributed by atoms with van der Waals surface area (Å²) < 4.78 is 0. The maximum atomic E-state index is 12.1. The van der Waals surface area contributed by atoms with E-state index in [4.69, 9.17) is 10.8 Å². The van der Waals surface area contributed by atoms with Crippen LogP contribution in [0, 0.1) is 0 Å². The van der Waals surface area contributed by atoms with Crippen LogP contribution in [0.4, 0.5) is 23.1 Å². The van der Waals surface area contributed by atoms with Gasteiger partial charge in [0.25, 0.3) is 5.56 Å². The molecule has 0 radical (unpaired) electrons. The molecule has 0 fully saturated rings. The fourth-order valence-electron chi connectivity index (χ4n) is 3.45. The molecule has 9 N–H and O–H groups in total. The van der Waals surface area contributed by atoms with Crippen molar-refractivity contribution in [3.8, 4) is 0 Å². The first-order chi connectivity index (χ1) is 14.7. The number of hydrogen-bond donors (Lipinski definition) is 8. The summed E-state index contributed by atoms with van der Waals surface area (Å²) in [6.45, 7) is 3.21. The zero-order valence-electron chi connectivity index (χ0n) is 17.3. The highest BCUT2D eigenvalue weighted by Gasteiger charge is 2.26. The number of anilines is 3. The number of aliphatic hydroxyl groups is 4. The van der Waals surface area contributed by atoms with E-state index >= 15 is 0 Å². The van der Waals surface area contributed by atoms with E-state index in [9.17, 15) is 20.1 Å². The number of aromatic amines is 1. The molecule has 2 heterocycles. The number of hydrogen-bond acceptors (Lipinski definition) is 10. The van der Waals surface area contributed by atoms with Gasteiger partial charge in [-0.05, 0) is 31.5 Å². The Morgan fingerprint density at radius 2 is 1.87 bits per heavy atom. The third-order valence-corrected chi connectivity index (χ3v) is 5.15. The minimum absolute atomic E-state index is 0.0249. The Balaban J connectivity index is 1.68. The van der Waals surface area contributed by atoms with Crippen LogP contribution in [-0.4, -0.2) is 73.1 Å². The summed E-state index contributed by atoms with van der Waals surface area (Å²) in [4.78, 5) is 23.1. The van der Waals surface area contributed by atoms with Gasteiger partial charge < -0.3 is 36.8 Å². The van der Waals surface area contributed by atoms with E-state index in [1.54, 1.807) is 12.1 Å². The highest BCUT2D eigenvalue weighted by molar-refractivity contribution is 6.01. The van der Waals surface area contributed by atoms with Crippen molar-refractivity contribution in [2.45, 2.75) is 50.7 Å². The van der Waals surface area contributed by atoms with Gasteiger partial charge in [0.1, 0.15) is 12.2 Å². The number of fused-ring (bicyclic) bond motifs is 1. The van der Waals surface area contributed by atoms with Crippen LogP contribution in [0.1, 0.15) is 19.4 Å². The lowest BCUT2D eigenvalue weighted by Crippen LogP contribution is -2.41. The second-order valence-electron chi connectivity index (χ2n) is 7.63. The van der Waals surface area contributed by atoms with Gasteiger partial charge in [-0.1, -0.05) is 12.1 Å². The van der Waals surface area contributed by atoms with Gasteiger partial charge in [-0.15, -0.1) is 0 Å². The third kappa shape index (κ3) is 5.20. The van der Waals surface area contributed by atoms with Crippen molar-refractivity contribution in [2.75, 3.05) is 23.0 Å². The third-order valence-electron chi connectivity index (χ3n) is 5.15. The molecule has 0 saturated carbocycles. The number of nitrogens with zero attached hydrogens (tertiary/aromatic N) is 2. The summed E-state index contributed by atoms with van der Waals surface area (Å²) in [5.74, 6) is 0.373. The van der Waals surface area contributed by atoms with E-state index in [1.807, 2.05) is 26.0 Å². The Labute approximate surface area is 178 Å². The number of H-pyrrole nitrogens is 1. The van der Waals surface area contributed by atoms with Crippen molar-refractivity contribution in [3.05, 3.63) is 40.2 Å². The fourth-order valence-corrected chi connectivity index (χ4v) is 3.45. The minimum atomic E-state index is -1.43. The van der Waals surface area contributed by atoms with Crippen LogP contribution >= 0.6 is 0 Å². The van der Waals surface area contributed by atoms with E-state index < -0.39 is 30.5 Å². The van der Waals surface area contributed by atoms with Crippen LogP contribution in [-0.2, 0) is 6.42 Å². The topological polar surface area (TPSA) is 189 Å². The molecule has 0 amide bonds. The Morgan fingerprint density at radius 3 is 2.52 bits per heavy atom. The Hall–Kier alpha value is -2.99. The molecule has 1 aliphatic rings. The largest absolute Gasteiger partial charge is 0.394 e. The summed E-state index contributed by atoms with van der Waals surface area (Å²) in [5.41, 5.74) is 7.63. The molecule has 168 valence electrons. The zero-order chi connectivity index (χ0) is 22.7. The first kappa shape index (κ1) is 22.7. The molecule has 0 unspecified atom stereocenters. The van der Waals surface area contributed by atoms with Crippen LogP contribution in [0.25, 0.3) is 0 Å². The number of nitrogen functional groups attached to an aromatic ring is 1. The van der Waals surface area contributed by atoms with Gasteiger partial charge in [-0.2, -0.15) is 4.98 Å². The standard InChI is InChI=1S/C20H28N6O5/c1-9(15-10(2)23-18-16(24-15)19(31)26-20(21)25-18)22-12-5-3-11(4-6-12)7-13(28)17(30)14(29)8-27/h3-6,9-10,13-14,17,22,27-30H,7-8H2,1-2H3,(H4,21,23,25,26,31)/t9-,10+,13+,14-,17+/m1/s1. The highest BCUT2D eigenvalue weighted by Crippen LogP contribution is 2.26. The van der Waals surface area contributed by atoms with Gasteiger partial charge in [0.2, 0.25) is 5.95 Å². The van der Waals surface area contributed by atoms with Crippen LogP contribution in [0.3, 0.4) is 0 Å². The molecule has 3 rings (SSSR count). The Morgan fingerprint density at radius 1 is 1.19 bits per heavy atom. The molecule has 11 nitrogen and oxygen atoms in total. The zero-order valence-corrected chi connectivity index (χ0v) is 17.3. The first-order valence-electron chi connectivity index (χ1n) is 9.95. The number of aliphatic hydroxyl groups excluding tert-OH is 4. The number of nitrogens with two attached hydrogens (primary N) is 1. The molecule has 11 heteroatoms. The summed E-state index contributed by atoms with van der Waals surface area (Å²) >= 11 is 0. The summed E-state index contributed by atoms with van der Waals surface area (Å²) in [5, 5.41) is 44.6. The Kier molecular flexibility index (Phi) is 6.91. The molecule has 1 aromatic heterocycles. The van der Waals surface area contributed by atoms with Gasteiger partial charge in [0, 0.05) is 12.1 Å². The summed E-state index contributed by atoms with van der Waals surface area (Å²) in [6, 6.07) is 6.83. The van der Waals surface area contributed by atoms with Crippen molar-refractivity contribution in [3.63, 3.8) is 0 Å². The maximum absolute atomic E-state index is 12.1. The minimum Gasteiger partial charge on any atom is -0.394 e. The predicted octanol–water partition coefficient (Wildman–Crippen LogP) is -0.643. The second-order valence-corrected chi connectivity index (χ2v) is 7.63. The quantitative estimate of drug-likeness (QED) is 0.268. The van der Waals surface area contributed by atoms with Crippen LogP contribution in [0.2, 0.25) is 0 Å². The van der Waals surface area contributed by atoms with E-state index in [2.05, 4.69) is 25.6 Å². The first-order valence-corrected chi connectivity index (χ1v) is 9.95. The lowest BCUT2D eigenvalue weighted by atomic mass is 10.00. The van der Waals surface area contributed by atoms with Crippen molar-refractivity contribution in [2.24, 2.45) is 4.99 Å². The molecule has 0 aliphatic carbocycles. The van der Waals surface area contributed by atoms with Crippen LogP contribution < -0.4 is 21.9 Å². The lowest BCUT2D eigenvalue weighted by molar-refractivity contribution is -0.0755. The number of aliphatic imine (C=N–C) groups is 1. The molecule has 0 bridgehead atoms. The lowest BCUT2D eigenvalue weighted by Gasteiger charge is -2.27. The van der Waals surface area contributed by atoms with E-state index in [0.29, 0.717) is 5.82 Å². The normalized spacial score (nSPS) is 19.4. The maximum Gasteiger partial charge on any atom is 0.280 e. The van der Waals surface area contributed by atoms with E-state index in [0.717, 1.165) is 17.0 Å². The van der Waals surface area contributed by atoms with Crippen LogP contribution in [0.5, 0.6) is 0 Å². The Bertz CT molecular complexity index is 993. The summed E-state index contributed by atoms with van der Waals surface area (Å²) in [6.07, 6.45) is -3.91. The SMILES string of the molecule is C[C@@H]1Nc2nc(N)[nH]c(=O)c2N=C1[C@@H](C)Nc1ccc(C[C@H](O)[C@H](O)[C@H](O)CO)cc1. The van der Waals surface area contributed by atoms with Crippen molar-refractivity contribution < 1.29 is 20.4 Å². The number of benzene rings is 1. The van der Waals surface area contributed by atoms with Crippen LogP contribution in [0.15, 0.2) is 34.1 Å². The molecule has 1 aromatic carbocycles. The highest BCUT2D eigenvalue weighted by atomic mass is 16.4. The van der Waals surface area contributed by atoms with Crippen molar-refractivity contribution in [1.82, 2.24) is 9.97 Å². The molecule has 5 atom stereocenters.